The molecule has 140 valence electrons. The average molecular weight is 377 g/mol. The van der Waals surface area contributed by atoms with Gasteiger partial charge in [0.15, 0.2) is 11.3 Å². The van der Waals surface area contributed by atoms with Crippen LogP contribution in [0.4, 0.5) is 5.69 Å². The lowest BCUT2D eigenvalue weighted by Crippen LogP contribution is -2.12. The number of aromatic amines is 1. The second-order valence-corrected chi connectivity index (χ2v) is 5.95. The summed E-state index contributed by atoms with van der Waals surface area (Å²) in [5.41, 5.74) is 1.38. The van der Waals surface area contributed by atoms with E-state index in [1.165, 1.54) is 13.2 Å². The number of carbonyl (C=O) groups is 2. The zero-order chi connectivity index (χ0) is 19.7. The van der Waals surface area contributed by atoms with E-state index in [1.807, 2.05) is 6.07 Å². The van der Waals surface area contributed by atoms with E-state index >= 15 is 0 Å². The third-order valence-electron chi connectivity index (χ3n) is 4.20. The molecule has 1 aliphatic heterocycles. The zero-order valence-corrected chi connectivity index (χ0v) is 14.7. The van der Waals surface area contributed by atoms with E-state index in [-0.39, 0.29) is 11.6 Å². The Morgan fingerprint density at radius 3 is 2.96 bits per heavy atom. The first-order valence-corrected chi connectivity index (χ1v) is 8.32. The molecule has 0 aliphatic carbocycles. The normalized spacial score (nSPS) is 15.2. The number of nitrogens with one attached hydrogen (secondary N) is 2. The van der Waals surface area contributed by atoms with Gasteiger partial charge in [0.1, 0.15) is 11.4 Å². The first-order valence-electron chi connectivity index (χ1n) is 8.32. The number of carboxylic acid groups (broad SMARTS) is 1. The van der Waals surface area contributed by atoms with E-state index in [1.54, 1.807) is 42.7 Å². The van der Waals surface area contributed by atoms with Crippen molar-refractivity contribution in [3.63, 3.8) is 0 Å². The van der Waals surface area contributed by atoms with Crippen molar-refractivity contribution in [1.29, 1.82) is 0 Å². The summed E-state index contributed by atoms with van der Waals surface area (Å²) in [4.78, 5) is 31.4. The number of hydrogen-bond acceptors (Lipinski definition) is 6. The van der Waals surface area contributed by atoms with Crippen molar-refractivity contribution in [3.8, 4) is 5.75 Å². The molecule has 0 saturated heterocycles. The highest BCUT2D eigenvalue weighted by Crippen LogP contribution is 2.30. The minimum Gasteiger partial charge on any atom is -0.497 e. The predicted molar refractivity (Wildman–Crippen MR) is 101 cm³/mol. The van der Waals surface area contributed by atoms with Crippen LogP contribution in [0.1, 0.15) is 5.56 Å². The van der Waals surface area contributed by atoms with Crippen LogP contribution in [0.2, 0.25) is 0 Å². The van der Waals surface area contributed by atoms with Gasteiger partial charge in [0, 0.05) is 35.1 Å². The fraction of sp³-hybridized carbons (Fsp3) is 0.0500. The van der Waals surface area contributed by atoms with Crippen LogP contribution in [0.25, 0.3) is 17.1 Å². The summed E-state index contributed by atoms with van der Waals surface area (Å²) in [6, 6.07) is 10.4. The Labute approximate surface area is 159 Å². The third-order valence-corrected chi connectivity index (χ3v) is 4.20. The second kappa shape index (κ2) is 6.92. The van der Waals surface area contributed by atoms with Crippen molar-refractivity contribution in [2.75, 3.05) is 12.4 Å². The van der Waals surface area contributed by atoms with Crippen molar-refractivity contribution in [2.24, 2.45) is 0 Å². The molecule has 1 aromatic carbocycles. The number of allylic oxidation sites excluding steroid dienone is 1. The number of aliphatic carboxylic acids is 1. The fourth-order valence-electron chi connectivity index (χ4n) is 2.88. The Kier molecular flexibility index (Phi) is 4.29. The third kappa shape index (κ3) is 3.07. The first-order chi connectivity index (χ1) is 13.6. The maximum absolute atomic E-state index is 12.6. The number of carbonyl (C=O) groups excluding carboxylic acids is 1. The molecule has 28 heavy (non-hydrogen) atoms. The van der Waals surface area contributed by atoms with E-state index in [2.05, 4.69) is 15.3 Å². The number of hydrogen-bond donors (Lipinski definition) is 3. The number of ketones is 1. The van der Waals surface area contributed by atoms with Crippen LogP contribution in [-0.2, 0) is 14.3 Å². The molecule has 0 bridgehead atoms. The van der Waals surface area contributed by atoms with E-state index in [9.17, 15) is 14.7 Å². The van der Waals surface area contributed by atoms with Gasteiger partial charge in [-0.25, -0.2) is 9.78 Å². The van der Waals surface area contributed by atoms with Gasteiger partial charge in [0.05, 0.1) is 7.11 Å². The number of pyridine rings is 1. The van der Waals surface area contributed by atoms with Crippen molar-refractivity contribution >= 4 is 34.5 Å². The Balaban J connectivity index is 1.68. The molecule has 1 aliphatic rings. The number of methoxy groups -OCH3 is 1. The Bertz CT molecular complexity index is 1160. The molecule has 0 amide bonds. The number of aromatic nitrogens is 2. The summed E-state index contributed by atoms with van der Waals surface area (Å²) in [5, 5.41) is 13.1. The van der Waals surface area contributed by atoms with Gasteiger partial charge in [-0.3, -0.25) is 4.79 Å². The second-order valence-electron chi connectivity index (χ2n) is 5.95. The highest BCUT2D eigenvalue weighted by Gasteiger charge is 2.36. The molecule has 4 rings (SSSR count). The number of rotatable bonds is 5. The van der Waals surface area contributed by atoms with Gasteiger partial charge in [0.2, 0.25) is 11.7 Å². The molecule has 0 spiro atoms. The number of H-pyrrole nitrogens is 1. The van der Waals surface area contributed by atoms with Gasteiger partial charge < -0.3 is 24.9 Å². The van der Waals surface area contributed by atoms with Gasteiger partial charge in [-0.2, -0.15) is 0 Å². The predicted octanol–water partition coefficient (Wildman–Crippen LogP) is 2.92. The summed E-state index contributed by atoms with van der Waals surface area (Å²) < 4.78 is 10.7. The van der Waals surface area contributed by atoms with E-state index in [4.69, 9.17) is 9.47 Å². The SMILES string of the molecule is COc1cccc(NC2=C(C(=O)O)C(=O)/C(=C/c3c[nH]c4ncccc34)O2)c1. The molecule has 3 N–H and O–H groups in total. The maximum atomic E-state index is 12.6. The standard InChI is InChI=1S/C20H15N3O5/c1-27-13-5-2-4-12(9-13)23-19-16(20(25)26)17(24)15(28-19)8-11-10-22-18-14(11)6-3-7-21-18/h2-10,23H,1H3,(H,21,22)(H,25,26)/b15-8-. The van der Waals surface area contributed by atoms with Crippen LogP contribution < -0.4 is 10.1 Å². The summed E-state index contributed by atoms with van der Waals surface area (Å²) >= 11 is 0. The highest BCUT2D eigenvalue weighted by atomic mass is 16.5. The molecular weight excluding hydrogens is 362 g/mol. The monoisotopic (exact) mass is 377 g/mol. The molecule has 0 saturated carbocycles. The van der Waals surface area contributed by atoms with Gasteiger partial charge in [0.25, 0.3) is 0 Å². The Hall–Kier alpha value is -4.07. The first kappa shape index (κ1) is 17.3. The molecule has 8 nitrogen and oxygen atoms in total. The minimum atomic E-state index is -1.38. The van der Waals surface area contributed by atoms with E-state index < -0.39 is 17.3 Å². The maximum Gasteiger partial charge on any atom is 0.345 e. The number of fused-ring (bicyclic) bond motifs is 1. The summed E-state index contributed by atoms with van der Waals surface area (Å²) in [6.07, 6.45) is 4.81. The zero-order valence-electron chi connectivity index (χ0n) is 14.7. The topological polar surface area (TPSA) is 114 Å². The number of carboxylic acids is 1. The lowest BCUT2D eigenvalue weighted by Gasteiger charge is -2.09. The number of anilines is 1. The largest absolute Gasteiger partial charge is 0.497 e. The number of nitrogens with zero attached hydrogens (tertiary/aromatic N) is 1. The highest BCUT2D eigenvalue weighted by molar-refractivity contribution is 6.26. The smallest absolute Gasteiger partial charge is 0.345 e. The number of benzene rings is 1. The number of Topliss-reactive ketones (excluding diaryl/α,β-unsaturated/α-hetero) is 1. The summed E-state index contributed by atoms with van der Waals surface area (Å²) in [5.74, 6) is -1.74. The van der Waals surface area contributed by atoms with Crippen LogP contribution in [0.5, 0.6) is 5.75 Å². The fourth-order valence-corrected chi connectivity index (χ4v) is 2.88. The van der Waals surface area contributed by atoms with Gasteiger partial charge in [-0.15, -0.1) is 0 Å². The molecule has 3 heterocycles. The molecule has 0 unspecified atom stereocenters. The van der Waals surface area contributed by atoms with Gasteiger partial charge in [-0.1, -0.05) is 6.07 Å². The number of ether oxygens (including phenoxy) is 2. The molecule has 0 fully saturated rings. The lowest BCUT2D eigenvalue weighted by molar-refractivity contribution is -0.134. The molecular formula is C20H15N3O5. The molecule has 3 aromatic rings. The van der Waals surface area contributed by atoms with E-state index in [0.717, 1.165) is 5.39 Å². The van der Waals surface area contributed by atoms with Crippen LogP contribution in [0.15, 0.2) is 66.0 Å². The van der Waals surface area contributed by atoms with Crippen molar-refractivity contribution < 1.29 is 24.2 Å². The molecule has 2 aromatic heterocycles. The van der Waals surface area contributed by atoms with Gasteiger partial charge >= 0.3 is 5.97 Å². The Morgan fingerprint density at radius 2 is 2.18 bits per heavy atom. The summed E-state index contributed by atoms with van der Waals surface area (Å²) in [7, 11) is 1.52. The van der Waals surface area contributed by atoms with Crippen LogP contribution in [0.3, 0.4) is 0 Å². The Morgan fingerprint density at radius 1 is 1.32 bits per heavy atom. The molecule has 0 atom stereocenters. The van der Waals surface area contributed by atoms with Crippen LogP contribution in [0, 0.1) is 0 Å². The van der Waals surface area contributed by atoms with Gasteiger partial charge in [-0.05, 0) is 30.3 Å². The lowest BCUT2D eigenvalue weighted by atomic mass is 10.1. The molecule has 8 heteroatoms. The average Bonchev–Trinajstić information content (AvgIpc) is 3.23. The van der Waals surface area contributed by atoms with E-state index in [0.29, 0.717) is 22.6 Å². The van der Waals surface area contributed by atoms with Crippen molar-refractivity contribution in [1.82, 2.24) is 9.97 Å². The van der Waals surface area contributed by atoms with Crippen molar-refractivity contribution in [3.05, 3.63) is 71.6 Å². The molecule has 0 radical (unpaired) electrons. The quantitative estimate of drug-likeness (QED) is 0.463. The minimum absolute atomic E-state index is 0.0902. The summed E-state index contributed by atoms with van der Waals surface area (Å²) in [6.45, 7) is 0. The van der Waals surface area contributed by atoms with Crippen LogP contribution in [-0.4, -0.2) is 33.9 Å². The van der Waals surface area contributed by atoms with Crippen molar-refractivity contribution in [2.45, 2.75) is 0 Å². The van der Waals surface area contributed by atoms with Crippen LogP contribution >= 0.6 is 0 Å².